The standard InChI is InChI=1S/C15H15ClN4O/c1-9(2)21-15-12(18)4-6-14(20-15)19-13-5-3-10(8-17)7-11(13)16/h3-7,9H,18H2,1-2H3,(H,19,20). The fraction of sp³-hybridized carbons (Fsp3) is 0.200. The maximum Gasteiger partial charge on any atom is 0.239 e. The molecule has 108 valence electrons. The predicted octanol–water partition coefficient (Wildman–Crippen LogP) is 3.72. The van der Waals surface area contributed by atoms with E-state index in [0.29, 0.717) is 33.7 Å². The molecule has 1 heterocycles. The normalized spacial score (nSPS) is 10.2. The largest absolute Gasteiger partial charge is 0.473 e. The number of anilines is 3. The number of hydrogen-bond donors (Lipinski definition) is 2. The highest BCUT2D eigenvalue weighted by Crippen LogP contribution is 2.28. The molecule has 0 aliphatic carbocycles. The maximum atomic E-state index is 8.82. The first-order valence-corrected chi connectivity index (χ1v) is 6.77. The summed E-state index contributed by atoms with van der Waals surface area (Å²) in [6.07, 6.45) is -0.0199. The highest BCUT2D eigenvalue weighted by molar-refractivity contribution is 6.33. The lowest BCUT2D eigenvalue weighted by Gasteiger charge is -2.13. The van der Waals surface area contributed by atoms with Gasteiger partial charge in [-0.1, -0.05) is 11.6 Å². The Morgan fingerprint density at radius 3 is 2.71 bits per heavy atom. The summed E-state index contributed by atoms with van der Waals surface area (Å²) in [6.45, 7) is 3.80. The second-order valence-corrected chi connectivity index (χ2v) is 5.10. The highest BCUT2D eigenvalue weighted by atomic mass is 35.5. The lowest BCUT2D eigenvalue weighted by Crippen LogP contribution is -2.09. The summed E-state index contributed by atoms with van der Waals surface area (Å²) in [5.41, 5.74) is 7.45. The number of nitrogens with zero attached hydrogens (tertiary/aromatic N) is 2. The molecule has 1 aromatic carbocycles. The fourth-order valence-electron chi connectivity index (χ4n) is 1.66. The van der Waals surface area contributed by atoms with Gasteiger partial charge in [0.2, 0.25) is 5.88 Å². The van der Waals surface area contributed by atoms with Crippen molar-refractivity contribution in [3.05, 3.63) is 40.9 Å². The molecule has 0 fully saturated rings. The first kappa shape index (κ1) is 14.9. The highest BCUT2D eigenvalue weighted by Gasteiger charge is 2.08. The quantitative estimate of drug-likeness (QED) is 0.899. The van der Waals surface area contributed by atoms with E-state index in [0.717, 1.165) is 0 Å². The van der Waals surface area contributed by atoms with Crippen molar-refractivity contribution in [1.29, 1.82) is 5.26 Å². The van der Waals surface area contributed by atoms with Gasteiger partial charge in [0.05, 0.1) is 34.1 Å². The van der Waals surface area contributed by atoms with Crippen LogP contribution in [-0.2, 0) is 0 Å². The Kier molecular flexibility index (Phi) is 4.51. The molecule has 5 nitrogen and oxygen atoms in total. The zero-order valence-corrected chi connectivity index (χ0v) is 12.5. The summed E-state index contributed by atoms with van der Waals surface area (Å²) in [7, 11) is 0. The van der Waals surface area contributed by atoms with Gasteiger partial charge in [0.1, 0.15) is 5.82 Å². The van der Waals surface area contributed by atoms with E-state index in [1.807, 2.05) is 19.9 Å². The van der Waals surface area contributed by atoms with Crippen molar-refractivity contribution in [3.63, 3.8) is 0 Å². The van der Waals surface area contributed by atoms with E-state index in [4.69, 9.17) is 27.3 Å². The third kappa shape index (κ3) is 3.77. The number of rotatable bonds is 4. The molecular formula is C15H15ClN4O. The number of nitriles is 1. The number of aromatic nitrogens is 1. The van der Waals surface area contributed by atoms with Crippen LogP contribution in [0.2, 0.25) is 5.02 Å². The molecule has 0 amide bonds. The summed E-state index contributed by atoms with van der Waals surface area (Å²) in [5.74, 6) is 0.936. The molecule has 0 bridgehead atoms. The van der Waals surface area contributed by atoms with Gasteiger partial charge in [0, 0.05) is 0 Å². The summed E-state index contributed by atoms with van der Waals surface area (Å²) in [6, 6.07) is 10.5. The number of pyridine rings is 1. The first-order chi connectivity index (χ1) is 9.99. The smallest absolute Gasteiger partial charge is 0.239 e. The van der Waals surface area contributed by atoms with Gasteiger partial charge in [0.15, 0.2) is 0 Å². The lowest BCUT2D eigenvalue weighted by atomic mass is 10.2. The van der Waals surface area contributed by atoms with Gasteiger partial charge < -0.3 is 15.8 Å². The third-order valence-electron chi connectivity index (χ3n) is 2.60. The van der Waals surface area contributed by atoms with E-state index >= 15 is 0 Å². The molecule has 0 atom stereocenters. The number of benzene rings is 1. The van der Waals surface area contributed by atoms with Crippen LogP contribution in [0.25, 0.3) is 0 Å². The van der Waals surface area contributed by atoms with Gasteiger partial charge in [-0.25, -0.2) is 0 Å². The van der Waals surface area contributed by atoms with Gasteiger partial charge in [-0.05, 0) is 44.2 Å². The molecule has 1 aromatic heterocycles. The number of hydrogen-bond acceptors (Lipinski definition) is 5. The van der Waals surface area contributed by atoms with Crippen LogP contribution in [0.3, 0.4) is 0 Å². The topological polar surface area (TPSA) is 84.0 Å². The minimum absolute atomic E-state index is 0.0199. The molecule has 0 radical (unpaired) electrons. The van der Waals surface area contributed by atoms with E-state index in [1.54, 1.807) is 30.3 Å². The van der Waals surface area contributed by atoms with Crippen LogP contribution in [0.1, 0.15) is 19.4 Å². The maximum absolute atomic E-state index is 8.82. The third-order valence-corrected chi connectivity index (χ3v) is 2.91. The van der Waals surface area contributed by atoms with Crippen LogP contribution in [0.5, 0.6) is 5.88 Å². The van der Waals surface area contributed by atoms with E-state index in [-0.39, 0.29) is 6.10 Å². The Hall–Kier alpha value is -2.45. The van der Waals surface area contributed by atoms with Crippen LogP contribution in [-0.4, -0.2) is 11.1 Å². The van der Waals surface area contributed by atoms with Gasteiger partial charge in [-0.3, -0.25) is 0 Å². The summed E-state index contributed by atoms with van der Waals surface area (Å²) in [5, 5.41) is 12.3. The van der Waals surface area contributed by atoms with Crippen molar-refractivity contribution in [1.82, 2.24) is 4.98 Å². The van der Waals surface area contributed by atoms with E-state index in [1.165, 1.54) is 0 Å². The average Bonchev–Trinajstić information content (AvgIpc) is 2.44. The monoisotopic (exact) mass is 302 g/mol. The average molecular weight is 303 g/mol. The van der Waals surface area contributed by atoms with E-state index < -0.39 is 0 Å². The number of nitrogens with one attached hydrogen (secondary N) is 1. The zero-order chi connectivity index (χ0) is 15.4. The molecule has 21 heavy (non-hydrogen) atoms. The molecule has 3 N–H and O–H groups in total. The second-order valence-electron chi connectivity index (χ2n) is 4.69. The molecular weight excluding hydrogens is 288 g/mol. The SMILES string of the molecule is CC(C)Oc1nc(Nc2ccc(C#N)cc2Cl)ccc1N. The lowest BCUT2D eigenvalue weighted by molar-refractivity contribution is 0.234. The van der Waals surface area contributed by atoms with Crippen molar-refractivity contribution in [2.45, 2.75) is 20.0 Å². The summed E-state index contributed by atoms with van der Waals surface area (Å²) in [4.78, 5) is 4.31. The molecule has 0 aliphatic rings. The number of nitrogens with two attached hydrogens (primary N) is 1. The van der Waals surface area contributed by atoms with Crippen molar-refractivity contribution < 1.29 is 4.74 Å². The Morgan fingerprint density at radius 1 is 1.33 bits per heavy atom. The molecule has 0 saturated heterocycles. The minimum Gasteiger partial charge on any atom is -0.473 e. The minimum atomic E-state index is -0.0199. The van der Waals surface area contributed by atoms with Crippen molar-refractivity contribution in [2.75, 3.05) is 11.1 Å². The van der Waals surface area contributed by atoms with Gasteiger partial charge in [0.25, 0.3) is 0 Å². The number of ether oxygens (including phenoxy) is 1. The molecule has 2 rings (SSSR count). The predicted molar refractivity (Wildman–Crippen MR) is 83.9 cm³/mol. The van der Waals surface area contributed by atoms with Crippen molar-refractivity contribution in [2.24, 2.45) is 0 Å². The van der Waals surface area contributed by atoms with Gasteiger partial charge in [-0.2, -0.15) is 10.2 Å². The van der Waals surface area contributed by atoms with Crippen molar-refractivity contribution >= 4 is 28.8 Å². The van der Waals surface area contributed by atoms with Gasteiger partial charge >= 0.3 is 0 Å². The zero-order valence-electron chi connectivity index (χ0n) is 11.7. The van der Waals surface area contributed by atoms with Gasteiger partial charge in [-0.15, -0.1) is 0 Å². The fourth-order valence-corrected chi connectivity index (χ4v) is 1.89. The van der Waals surface area contributed by atoms with Crippen LogP contribution < -0.4 is 15.8 Å². The summed E-state index contributed by atoms with van der Waals surface area (Å²) < 4.78 is 5.54. The number of nitrogen functional groups attached to an aromatic ring is 1. The van der Waals surface area contributed by atoms with Crippen LogP contribution in [0, 0.1) is 11.3 Å². The van der Waals surface area contributed by atoms with E-state index in [2.05, 4.69) is 10.3 Å². The molecule has 0 unspecified atom stereocenters. The van der Waals surface area contributed by atoms with E-state index in [9.17, 15) is 0 Å². The number of halogens is 1. The Morgan fingerprint density at radius 2 is 2.10 bits per heavy atom. The van der Waals surface area contributed by atoms with Crippen LogP contribution in [0.4, 0.5) is 17.2 Å². The van der Waals surface area contributed by atoms with Crippen LogP contribution in [0.15, 0.2) is 30.3 Å². The molecule has 6 heteroatoms. The Labute approximate surface area is 128 Å². The summed E-state index contributed by atoms with van der Waals surface area (Å²) >= 11 is 6.12. The first-order valence-electron chi connectivity index (χ1n) is 6.39. The van der Waals surface area contributed by atoms with Crippen LogP contribution >= 0.6 is 11.6 Å². The molecule has 0 saturated carbocycles. The molecule has 0 aliphatic heterocycles. The Balaban J connectivity index is 2.26. The van der Waals surface area contributed by atoms with Crippen molar-refractivity contribution in [3.8, 4) is 11.9 Å². The molecule has 2 aromatic rings. The second kappa shape index (κ2) is 6.33. The molecule has 0 spiro atoms. The Bertz CT molecular complexity index is 695.